The Morgan fingerprint density at radius 2 is 1.90 bits per heavy atom. The van der Waals surface area contributed by atoms with Crippen LogP contribution in [0.3, 0.4) is 0 Å². The van der Waals surface area contributed by atoms with Gasteiger partial charge in [0.15, 0.2) is 16.8 Å². The maximum atomic E-state index is 13.8. The van der Waals surface area contributed by atoms with E-state index in [1.807, 2.05) is 0 Å². The number of nitrogens with one attached hydrogen (secondary N) is 1. The minimum atomic E-state index is -0.976. The molecule has 1 amide bonds. The van der Waals surface area contributed by atoms with Gasteiger partial charge < -0.3 is 9.73 Å². The zero-order valence-corrected chi connectivity index (χ0v) is 17.4. The van der Waals surface area contributed by atoms with Crippen LogP contribution in [0.4, 0.5) is 18.3 Å². The molecule has 0 radical (unpaired) electrons. The van der Waals surface area contributed by atoms with Gasteiger partial charge in [0.05, 0.1) is 16.5 Å². The van der Waals surface area contributed by atoms with Gasteiger partial charge in [-0.2, -0.15) is 0 Å². The van der Waals surface area contributed by atoms with Crippen LogP contribution in [-0.2, 0) is 4.79 Å². The van der Waals surface area contributed by atoms with Crippen molar-refractivity contribution in [3.63, 3.8) is 0 Å². The Kier molecular flexibility index (Phi) is 6.05. The van der Waals surface area contributed by atoms with Crippen LogP contribution in [-0.4, -0.2) is 26.3 Å². The summed E-state index contributed by atoms with van der Waals surface area (Å²) in [6.07, 6.45) is 0. The second-order valence-electron chi connectivity index (χ2n) is 6.27. The van der Waals surface area contributed by atoms with Gasteiger partial charge in [0.25, 0.3) is 11.1 Å². The molecule has 31 heavy (non-hydrogen) atoms. The highest BCUT2D eigenvalue weighted by atomic mass is 32.2. The van der Waals surface area contributed by atoms with Crippen LogP contribution in [0.2, 0.25) is 0 Å². The van der Waals surface area contributed by atoms with E-state index in [0.29, 0.717) is 16.4 Å². The number of nitrogens with zero attached hydrogens (tertiary/aromatic N) is 3. The van der Waals surface area contributed by atoms with Gasteiger partial charge in [0.2, 0.25) is 5.91 Å². The molecule has 1 atom stereocenters. The van der Waals surface area contributed by atoms with E-state index in [-0.39, 0.29) is 22.6 Å². The third-order valence-electron chi connectivity index (χ3n) is 4.11. The number of amides is 1. The molecule has 11 heteroatoms. The number of hydrogen-bond donors (Lipinski definition) is 1. The monoisotopic (exact) mass is 462 g/mol. The molecule has 2 aromatic carbocycles. The van der Waals surface area contributed by atoms with Crippen LogP contribution in [0.15, 0.2) is 57.5 Å². The Labute approximate surface area is 182 Å². The number of halogens is 3. The van der Waals surface area contributed by atoms with E-state index in [0.717, 1.165) is 35.2 Å². The quantitative estimate of drug-likeness (QED) is 0.387. The fourth-order valence-electron chi connectivity index (χ4n) is 2.53. The molecule has 0 spiro atoms. The van der Waals surface area contributed by atoms with Gasteiger partial charge in [-0.05, 0) is 37.3 Å². The Balaban J connectivity index is 1.40. The first kappa shape index (κ1) is 21.1. The summed E-state index contributed by atoms with van der Waals surface area (Å²) >= 11 is 2.16. The lowest BCUT2D eigenvalue weighted by Gasteiger charge is -2.07. The van der Waals surface area contributed by atoms with E-state index in [9.17, 15) is 18.0 Å². The van der Waals surface area contributed by atoms with Crippen molar-refractivity contribution in [3.8, 4) is 22.7 Å². The van der Waals surface area contributed by atoms with E-state index in [1.165, 1.54) is 18.2 Å². The lowest BCUT2D eigenvalue weighted by molar-refractivity contribution is -0.115. The first-order chi connectivity index (χ1) is 14.9. The maximum Gasteiger partial charge on any atom is 0.277 e. The maximum absolute atomic E-state index is 13.8. The molecule has 0 fully saturated rings. The highest BCUT2D eigenvalue weighted by Crippen LogP contribution is 2.29. The molecule has 6 nitrogen and oxygen atoms in total. The molecule has 4 aromatic rings. The number of benzene rings is 2. The van der Waals surface area contributed by atoms with Crippen LogP contribution in [0.5, 0.6) is 0 Å². The fraction of sp³-hybridized carbons (Fsp3) is 0.100. The summed E-state index contributed by atoms with van der Waals surface area (Å²) in [5.41, 5.74) is 0.974. The van der Waals surface area contributed by atoms with Gasteiger partial charge in [0.1, 0.15) is 5.82 Å². The van der Waals surface area contributed by atoms with Crippen LogP contribution in [0.1, 0.15) is 6.92 Å². The Morgan fingerprint density at radius 1 is 1.10 bits per heavy atom. The van der Waals surface area contributed by atoms with Crippen molar-refractivity contribution in [3.05, 3.63) is 65.3 Å². The number of anilines is 1. The average molecular weight is 462 g/mol. The van der Waals surface area contributed by atoms with E-state index in [4.69, 9.17) is 4.42 Å². The normalized spacial score (nSPS) is 12.0. The van der Waals surface area contributed by atoms with Crippen molar-refractivity contribution in [1.82, 2.24) is 15.2 Å². The SMILES string of the molecule is C[C@@H](Sc1nnc(-c2ccccc2F)o1)C(=O)Nc1nc(-c2ccc(F)c(F)c2)cs1. The molecular weight excluding hydrogens is 449 g/mol. The van der Waals surface area contributed by atoms with Gasteiger partial charge in [-0.25, -0.2) is 18.2 Å². The molecule has 2 heterocycles. The van der Waals surface area contributed by atoms with E-state index >= 15 is 0 Å². The third-order valence-corrected chi connectivity index (χ3v) is 5.80. The second kappa shape index (κ2) is 8.90. The minimum Gasteiger partial charge on any atom is -0.411 e. The second-order valence-corrected chi connectivity index (χ2v) is 8.42. The number of carbonyl (C=O) groups excluding carboxylic acids is 1. The lowest BCUT2D eigenvalue weighted by atomic mass is 10.2. The molecule has 1 N–H and O–H groups in total. The minimum absolute atomic E-state index is 0.0179. The molecule has 0 aliphatic carbocycles. The Morgan fingerprint density at radius 3 is 2.68 bits per heavy atom. The number of aromatic nitrogens is 3. The Bertz CT molecular complexity index is 1240. The lowest BCUT2D eigenvalue weighted by Crippen LogP contribution is -2.22. The van der Waals surface area contributed by atoms with Crippen LogP contribution in [0, 0.1) is 17.5 Å². The largest absolute Gasteiger partial charge is 0.411 e. The van der Waals surface area contributed by atoms with E-state index in [1.54, 1.807) is 24.4 Å². The number of rotatable bonds is 6. The van der Waals surface area contributed by atoms with E-state index in [2.05, 4.69) is 20.5 Å². The van der Waals surface area contributed by atoms with Crippen molar-refractivity contribution >= 4 is 34.1 Å². The van der Waals surface area contributed by atoms with Crippen molar-refractivity contribution in [2.45, 2.75) is 17.4 Å². The first-order valence-electron chi connectivity index (χ1n) is 8.87. The topological polar surface area (TPSA) is 80.9 Å². The first-order valence-corrected chi connectivity index (χ1v) is 10.6. The summed E-state index contributed by atoms with van der Waals surface area (Å²) in [5.74, 6) is -2.77. The Hall–Kier alpha value is -3.18. The van der Waals surface area contributed by atoms with Crippen molar-refractivity contribution in [2.75, 3.05) is 5.32 Å². The molecule has 0 saturated carbocycles. The summed E-state index contributed by atoms with van der Waals surface area (Å²) in [6.45, 7) is 1.64. The zero-order chi connectivity index (χ0) is 22.0. The highest BCUT2D eigenvalue weighted by molar-refractivity contribution is 8.00. The number of thioether (sulfide) groups is 1. The molecule has 0 aliphatic rings. The fourth-order valence-corrected chi connectivity index (χ4v) is 3.94. The summed E-state index contributed by atoms with van der Waals surface area (Å²) in [6, 6.07) is 9.45. The van der Waals surface area contributed by atoms with Gasteiger partial charge in [-0.3, -0.25) is 4.79 Å². The molecule has 0 aliphatic heterocycles. The summed E-state index contributed by atoms with van der Waals surface area (Å²) in [4.78, 5) is 16.7. The molecule has 158 valence electrons. The standard InChI is InChI=1S/C20H13F3N4O2S2/c1-10(31-20-27-26-18(29-20)12-4-2-3-5-13(12)21)17(28)25-19-24-16(9-30-19)11-6-7-14(22)15(23)8-11/h2-10H,1H3,(H,24,25,28)/t10-/m1/s1. The van der Waals surface area contributed by atoms with E-state index < -0.39 is 22.7 Å². The summed E-state index contributed by atoms with van der Waals surface area (Å²) < 4.78 is 45.8. The van der Waals surface area contributed by atoms with Crippen LogP contribution < -0.4 is 5.32 Å². The van der Waals surface area contributed by atoms with Crippen LogP contribution in [0.25, 0.3) is 22.7 Å². The summed E-state index contributed by atoms with van der Waals surface area (Å²) in [5, 5.41) is 11.7. The third kappa shape index (κ3) is 4.78. The number of hydrogen-bond acceptors (Lipinski definition) is 7. The van der Waals surface area contributed by atoms with Gasteiger partial charge in [0, 0.05) is 10.9 Å². The van der Waals surface area contributed by atoms with Gasteiger partial charge >= 0.3 is 0 Å². The predicted molar refractivity (Wildman–Crippen MR) is 111 cm³/mol. The van der Waals surface area contributed by atoms with Crippen molar-refractivity contribution in [1.29, 1.82) is 0 Å². The molecule has 0 unspecified atom stereocenters. The highest BCUT2D eigenvalue weighted by Gasteiger charge is 2.21. The van der Waals surface area contributed by atoms with Gasteiger partial charge in [-0.1, -0.05) is 23.9 Å². The van der Waals surface area contributed by atoms with Gasteiger partial charge in [-0.15, -0.1) is 21.5 Å². The summed E-state index contributed by atoms with van der Waals surface area (Å²) in [7, 11) is 0. The molecule has 0 saturated heterocycles. The smallest absolute Gasteiger partial charge is 0.277 e. The van der Waals surface area contributed by atoms with Crippen LogP contribution >= 0.6 is 23.1 Å². The zero-order valence-electron chi connectivity index (χ0n) is 15.8. The number of carbonyl (C=O) groups is 1. The molecule has 4 rings (SSSR count). The average Bonchev–Trinajstić information content (AvgIpc) is 3.40. The van der Waals surface area contributed by atoms with Crippen molar-refractivity contribution < 1.29 is 22.4 Å². The molecular formula is C20H13F3N4O2S2. The molecule has 2 aromatic heterocycles. The number of thiazole rings is 1. The van der Waals surface area contributed by atoms with Crippen molar-refractivity contribution in [2.24, 2.45) is 0 Å². The predicted octanol–water partition coefficient (Wildman–Crippen LogP) is 5.40. The molecule has 0 bridgehead atoms.